The van der Waals surface area contributed by atoms with E-state index < -0.39 is 10.0 Å². The molecule has 0 heterocycles. The standard InChI is InChI=1S/C21H28N2O3S/c1-6-15(2)18-10-12-19(13-11-18)27(25,26)23(5)14-21(24)22-20-9-7-8-16(3)17(20)4/h7-13,15H,6,14H2,1-5H3,(H,22,24). The number of hydrogen-bond donors (Lipinski definition) is 1. The highest BCUT2D eigenvalue weighted by Crippen LogP contribution is 2.22. The number of rotatable bonds is 7. The van der Waals surface area contributed by atoms with Gasteiger partial charge >= 0.3 is 0 Å². The van der Waals surface area contributed by atoms with Gasteiger partial charge in [0.1, 0.15) is 0 Å². The van der Waals surface area contributed by atoms with Gasteiger partial charge in [-0.2, -0.15) is 4.31 Å². The number of carbonyl (C=O) groups is 1. The van der Waals surface area contributed by atoms with Crippen LogP contribution in [0.3, 0.4) is 0 Å². The zero-order valence-corrected chi connectivity index (χ0v) is 17.4. The second-order valence-electron chi connectivity index (χ2n) is 6.94. The minimum atomic E-state index is -3.72. The van der Waals surface area contributed by atoms with Crippen LogP contribution in [-0.4, -0.2) is 32.2 Å². The van der Waals surface area contributed by atoms with Crippen LogP contribution in [0.5, 0.6) is 0 Å². The highest BCUT2D eigenvalue weighted by atomic mass is 32.2. The average Bonchev–Trinajstić information content (AvgIpc) is 2.64. The van der Waals surface area contributed by atoms with Crippen molar-refractivity contribution < 1.29 is 13.2 Å². The Morgan fingerprint density at radius 2 is 1.74 bits per heavy atom. The summed E-state index contributed by atoms with van der Waals surface area (Å²) in [5, 5.41) is 2.79. The predicted molar refractivity (Wildman–Crippen MR) is 110 cm³/mol. The van der Waals surface area contributed by atoms with Crippen LogP contribution in [0.2, 0.25) is 0 Å². The average molecular weight is 389 g/mol. The Balaban J connectivity index is 2.10. The van der Waals surface area contributed by atoms with Gasteiger partial charge in [-0.05, 0) is 61.1 Å². The molecule has 1 unspecified atom stereocenters. The van der Waals surface area contributed by atoms with Crippen LogP contribution in [0.25, 0.3) is 0 Å². The van der Waals surface area contributed by atoms with Crippen LogP contribution in [-0.2, 0) is 14.8 Å². The highest BCUT2D eigenvalue weighted by molar-refractivity contribution is 7.89. The molecule has 1 amide bonds. The summed E-state index contributed by atoms with van der Waals surface area (Å²) in [6.07, 6.45) is 0.991. The number of carbonyl (C=O) groups excluding carboxylic acids is 1. The van der Waals surface area contributed by atoms with Crippen LogP contribution in [0.1, 0.15) is 42.9 Å². The Morgan fingerprint density at radius 1 is 1.11 bits per heavy atom. The van der Waals surface area contributed by atoms with Crippen molar-refractivity contribution in [2.45, 2.75) is 44.9 Å². The van der Waals surface area contributed by atoms with Gasteiger partial charge in [0.2, 0.25) is 15.9 Å². The van der Waals surface area contributed by atoms with Gasteiger partial charge < -0.3 is 5.32 Å². The molecule has 27 heavy (non-hydrogen) atoms. The van der Waals surface area contributed by atoms with E-state index >= 15 is 0 Å². The summed E-state index contributed by atoms with van der Waals surface area (Å²) < 4.78 is 26.6. The third-order valence-electron chi connectivity index (χ3n) is 5.01. The highest BCUT2D eigenvalue weighted by Gasteiger charge is 2.23. The molecule has 0 saturated carbocycles. The van der Waals surface area contributed by atoms with Gasteiger partial charge in [-0.1, -0.05) is 38.1 Å². The number of hydrogen-bond acceptors (Lipinski definition) is 3. The molecule has 2 aromatic carbocycles. The Morgan fingerprint density at radius 3 is 2.33 bits per heavy atom. The molecule has 0 radical (unpaired) electrons. The lowest BCUT2D eigenvalue weighted by atomic mass is 9.99. The van der Waals surface area contributed by atoms with Crippen molar-refractivity contribution in [1.82, 2.24) is 4.31 Å². The first-order valence-corrected chi connectivity index (χ1v) is 10.5. The Labute approximate surface area is 162 Å². The van der Waals surface area contributed by atoms with Crippen LogP contribution >= 0.6 is 0 Å². The predicted octanol–water partition coefficient (Wildman–Crippen LogP) is 4.08. The largest absolute Gasteiger partial charge is 0.325 e. The van der Waals surface area contributed by atoms with Gasteiger partial charge in [-0.25, -0.2) is 8.42 Å². The van der Waals surface area contributed by atoms with Crippen LogP contribution < -0.4 is 5.32 Å². The van der Waals surface area contributed by atoms with Gasteiger partial charge in [-0.15, -0.1) is 0 Å². The van der Waals surface area contributed by atoms with Crippen LogP contribution in [0.15, 0.2) is 47.4 Å². The number of benzene rings is 2. The number of anilines is 1. The first kappa shape index (κ1) is 21.1. The summed E-state index contributed by atoms with van der Waals surface area (Å²) in [4.78, 5) is 12.5. The Bertz CT molecular complexity index is 906. The van der Waals surface area contributed by atoms with Crippen molar-refractivity contribution >= 4 is 21.6 Å². The van der Waals surface area contributed by atoms with Crippen molar-refractivity contribution in [1.29, 1.82) is 0 Å². The fourth-order valence-corrected chi connectivity index (χ4v) is 3.87. The van der Waals surface area contributed by atoms with E-state index in [1.165, 1.54) is 7.05 Å². The zero-order valence-electron chi connectivity index (χ0n) is 16.6. The summed E-state index contributed by atoms with van der Waals surface area (Å²) in [5.41, 5.74) is 3.84. The molecule has 146 valence electrons. The summed E-state index contributed by atoms with van der Waals surface area (Å²) in [6, 6.07) is 12.5. The molecule has 0 bridgehead atoms. The van der Waals surface area contributed by atoms with Gasteiger partial charge in [0.15, 0.2) is 0 Å². The molecular formula is C21H28N2O3S. The van der Waals surface area contributed by atoms with Gasteiger partial charge in [-0.3, -0.25) is 4.79 Å². The molecule has 0 aromatic heterocycles. The molecule has 5 nitrogen and oxygen atoms in total. The first-order valence-electron chi connectivity index (χ1n) is 9.09. The van der Waals surface area contributed by atoms with Crippen molar-refractivity contribution in [2.75, 3.05) is 18.9 Å². The number of nitrogens with one attached hydrogen (secondary N) is 1. The number of nitrogens with zero attached hydrogens (tertiary/aromatic N) is 1. The lowest BCUT2D eigenvalue weighted by molar-refractivity contribution is -0.116. The summed E-state index contributed by atoms with van der Waals surface area (Å²) in [5.74, 6) is 0.00818. The van der Waals surface area contributed by atoms with Gasteiger partial charge in [0.25, 0.3) is 0 Å². The molecule has 1 N–H and O–H groups in total. The Hall–Kier alpha value is -2.18. The fraction of sp³-hybridized carbons (Fsp3) is 0.381. The van der Waals surface area contributed by atoms with E-state index in [1.54, 1.807) is 12.1 Å². The second-order valence-corrected chi connectivity index (χ2v) is 8.98. The van der Waals surface area contributed by atoms with E-state index in [0.717, 1.165) is 27.4 Å². The van der Waals surface area contributed by atoms with E-state index in [9.17, 15) is 13.2 Å². The van der Waals surface area contributed by atoms with Crippen LogP contribution in [0.4, 0.5) is 5.69 Å². The normalized spacial score (nSPS) is 12.8. The molecule has 0 aliphatic carbocycles. The molecule has 0 fully saturated rings. The molecule has 0 saturated heterocycles. The number of aryl methyl sites for hydroxylation is 1. The lowest BCUT2D eigenvalue weighted by Crippen LogP contribution is -2.35. The van der Waals surface area contributed by atoms with E-state index in [4.69, 9.17) is 0 Å². The molecular weight excluding hydrogens is 360 g/mol. The lowest BCUT2D eigenvalue weighted by Gasteiger charge is -2.18. The maximum atomic E-state index is 12.7. The van der Waals surface area contributed by atoms with Gasteiger partial charge in [0.05, 0.1) is 11.4 Å². The van der Waals surface area contributed by atoms with Crippen molar-refractivity contribution in [3.8, 4) is 0 Å². The van der Waals surface area contributed by atoms with E-state index in [-0.39, 0.29) is 17.3 Å². The monoisotopic (exact) mass is 388 g/mol. The minimum absolute atomic E-state index is 0.191. The van der Waals surface area contributed by atoms with E-state index in [0.29, 0.717) is 11.6 Å². The molecule has 0 aliphatic rings. The zero-order chi connectivity index (χ0) is 20.2. The molecule has 1 atom stereocenters. The molecule has 2 aromatic rings. The maximum absolute atomic E-state index is 12.7. The molecule has 0 aliphatic heterocycles. The van der Waals surface area contributed by atoms with Gasteiger partial charge in [0, 0.05) is 12.7 Å². The second kappa shape index (κ2) is 8.67. The van der Waals surface area contributed by atoms with E-state index in [1.807, 2.05) is 44.2 Å². The molecule has 0 spiro atoms. The SMILES string of the molecule is CCC(C)c1ccc(S(=O)(=O)N(C)CC(=O)Nc2cccc(C)c2C)cc1. The smallest absolute Gasteiger partial charge is 0.243 e. The third kappa shape index (κ3) is 4.96. The quantitative estimate of drug-likeness (QED) is 0.777. The fourth-order valence-electron chi connectivity index (χ4n) is 2.75. The first-order chi connectivity index (χ1) is 12.7. The molecule has 2 rings (SSSR count). The summed E-state index contributed by atoms with van der Waals surface area (Å²) in [6.45, 7) is 7.84. The third-order valence-corrected chi connectivity index (χ3v) is 6.83. The summed E-state index contributed by atoms with van der Waals surface area (Å²) >= 11 is 0. The minimum Gasteiger partial charge on any atom is -0.325 e. The number of sulfonamides is 1. The van der Waals surface area contributed by atoms with Crippen LogP contribution in [0, 0.1) is 13.8 Å². The number of amides is 1. The Kier molecular flexibility index (Phi) is 6.78. The number of likely N-dealkylation sites (N-methyl/N-ethyl adjacent to an activating group) is 1. The van der Waals surface area contributed by atoms with Crippen molar-refractivity contribution in [3.05, 3.63) is 59.2 Å². The van der Waals surface area contributed by atoms with Crippen molar-refractivity contribution in [3.63, 3.8) is 0 Å². The maximum Gasteiger partial charge on any atom is 0.243 e. The summed E-state index contributed by atoms with van der Waals surface area (Å²) in [7, 11) is -2.30. The van der Waals surface area contributed by atoms with E-state index in [2.05, 4.69) is 19.2 Å². The topological polar surface area (TPSA) is 66.5 Å². The van der Waals surface area contributed by atoms with Crippen molar-refractivity contribution in [2.24, 2.45) is 0 Å². The molecule has 6 heteroatoms.